The summed E-state index contributed by atoms with van der Waals surface area (Å²) in [5.41, 5.74) is 9.82. The number of amides is 1. The second kappa shape index (κ2) is 8.02. The highest BCUT2D eigenvalue weighted by Gasteiger charge is 2.43. The fourth-order valence-corrected chi connectivity index (χ4v) is 4.49. The van der Waals surface area contributed by atoms with Gasteiger partial charge >= 0.3 is 0 Å². The fraction of sp³-hybridized carbons (Fsp3) is 0.174. The van der Waals surface area contributed by atoms with Crippen molar-refractivity contribution in [3.63, 3.8) is 0 Å². The number of hydrogen-bond donors (Lipinski definition) is 3. The summed E-state index contributed by atoms with van der Waals surface area (Å²) in [5.74, 6) is 0.147. The van der Waals surface area contributed by atoms with Gasteiger partial charge in [-0.15, -0.1) is 0 Å². The van der Waals surface area contributed by atoms with E-state index in [1.165, 1.54) is 6.07 Å². The molecule has 0 spiro atoms. The second-order valence-corrected chi connectivity index (χ2v) is 9.04. The molecular weight excluding hydrogens is 398 g/mol. The zero-order chi connectivity index (χ0) is 21.3. The van der Waals surface area contributed by atoms with Crippen molar-refractivity contribution in [1.82, 2.24) is 0 Å². The molecule has 6 nitrogen and oxygen atoms in total. The Morgan fingerprint density at radius 2 is 1.73 bits per heavy atom. The number of carbonyl (C=O) groups is 1. The smallest absolute Gasteiger partial charge is 0.238 e. The number of benzene rings is 3. The number of carbonyl (C=O) groups excluding carboxylic acids is 1. The van der Waals surface area contributed by atoms with Crippen molar-refractivity contribution in [2.24, 2.45) is 16.8 Å². The van der Waals surface area contributed by atoms with Gasteiger partial charge in [-0.2, -0.15) is 0 Å². The number of nitrogens with one attached hydrogen (secondary N) is 1. The highest BCUT2D eigenvalue weighted by atomic mass is 32.2. The maximum Gasteiger partial charge on any atom is 0.238 e. The van der Waals surface area contributed by atoms with Gasteiger partial charge in [0.2, 0.25) is 15.9 Å². The van der Waals surface area contributed by atoms with Crippen molar-refractivity contribution in [3.05, 3.63) is 83.9 Å². The van der Waals surface area contributed by atoms with Gasteiger partial charge in [0, 0.05) is 23.7 Å². The first-order valence-corrected chi connectivity index (χ1v) is 11.2. The Kier molecular flexibility index (Phi) is 5.42. The third-order valence-electron chi connectivity index (χ3n) is 5.40. The van der Waals surface area contributed by atoms with Gasteiger partial charge in [0.05, 0.1) is 4.90 Å². The molecule has 1 aliphatic rings. The van der Waals surface area contributed by atoms with Crippen LogP contribution in [0.2, 0.25) is 0 Å². The van der Waals surface area contributed by atoms with Crippen LogP contribution in [0.25, 0.3) is 11.1 Å². The van der Waals surface area contributed by atoms with E-state index in [0.29, 0.717) is 23.4 Å². The predicted molar refractivity (Wildman–Crippen MR) is 117 cm³/mol. The minimum Gasteiger partial charge on any atom is -0.326 e. The minimum absolute atomic E-state index is 0.0177. The van der Waals surface area contributed by atoms with Gasteiger partial charge in [-0.05, 0) is 47.2 Å². The van der Waals surface area contributed by atoms with Gasteiger partial charge in [0.25, 0.3) is 0 Å². The number of primary sulfonamides is 1. The van der Waals surface area contributed by atoms with Gasteiger partial charge in [0.15, 0.2) is 0 Å². The van der Waals surface area contributed by atoms with E-state index in [2.05, 4.69) is 11.4 Å². The third-order valence-corrected chi connectivity index (χ3v) is 6.37. The van der Waals surface area contributed by atoms with Gasteiger partial charge < -0.3 is 11.1 Å². The molecule has 0 aliphatic heterocycles. The van der Waals surface area contributed by atoms with Crippen LogP contribution >= 0.6 is 0 Å². The Balaban J connectivity index is 1.46. The first-order valence-electron chi connectivity index (χ1n) is 9.69. The topological polar surface area (TPSA) is 115 Å². The summed E-state index contributed by atoms with van der Waals surface area (Å²) in [5, 5.41) is 8.27. The Morgan fingerprint density at radius 3 is 2.43 bits per heavy atom. The summed E-state index contributed by atoms with van der Waals surface area (Å²) in [6.07, 6.45) is 0.819. The molecule has 3 aromatic rings. The Labute approximate surface area is 176 Å². The van der Waals surface area contributed by atoms with E-state index < -0.39 is 10.0 Å². The molecule has 4 rings (SSSR count). The van der Waals surface area contributed by atoms with Crippen LogP contribution in [0, 0.1) is 5.92 Å². The molecule has 7 heteroatoms. The lowest BCUT2D eigenvalue weighted by Gasteiger charge is -2.10. The van der Waals surface area contributed by atoms with Crippen molar-refractivity contribution in [2.45, 2.75) is 23.8 Å². The first kappa shape index (κ1) is 20.3. The van der Waals surface area contributed by atoms with E-state index in [9.17, 15) is 13.2 Å². The lowest BCUT2D eigenvalue weighted by Crippen LogP contribution is -2.14. The molecular formula is C23H23N3O3S. The van der Waals surface area contributed by atoms with E-state index in [-0.39, 0.29) is 22.6 Å². The largest absolute Gasteiger partial charge is 0.326 e. The summed E-state index contributed by atoms with van der Waals surface area (Å²) >= 11 is 0. The van der Waals surface area contributed by atoms with E-state index in [0.717, 1.165) is 17.5 Å². The van der Waals surface area contributed by atoms with E-state index in [1.807, 2.05) is 18.2 Å². The monoisotopic (exact) mass is 421 g/mol. The molecule has 3 aromatic carbocycles. The van der Waals surface area contributed by atoms with Crippen LogP contribution < -0.4 is 16.2 Å². The molecule has 2 atom stereocenters. The summed E-state index contributed by atoms with van der Waals surface area (Å²) < 4.78 is 23.6. The van der Waals surface area contributed by atoms with Crippen LogP contribution in [0.5, 0.6) is 0 Å². The van der Waals surface area contributed by atoms with Crippen molar-refractivity contribution in [2.75, 3.05) is 5.32 Å². The maximum atomic E-state index is 12.6. The van der Waals surface area contributed by atoms with Crippen LogP contribution in [-0.2, 0) is 21.4 Å². The predicted octanol–water partition coefficient (Wildman–Crippen LogP) is 3.20. The molecule has 0 saturated heterocycles. The minimum atomic E-state index is -3.83. The number of nitrogens with two attached hydrogens (primary N) is 2. The number of rotatable bonds is 6. The lowest BCUT2D eigenvalue weighted by atomic mass is 10.0. The maximum absolute atomic E-state index is 12.6. The van der Waals surface area contributed by atoms with Crippen LogP contribution in [-0.4, -0.2) is 14.3 Å². The number of hydrogen-bond acceptors (Lipinski definition) is 4. The van der Waals surface area contributed by atoms with E-state index in [1.54, 1.807) is 42.5 Å². The average Bonchev–Trinajstić information content (AvgIpc) is 3.55. The second-order valence-electron chi connectivity index (χ2n) is 7.51. The zero-order valence-electron chi connectivity index (χ0n) is 16.3. The molecule has 0 unspecified atom stereocenters. The number of sulfonamides is 1. The fourth-order valence-electron chi connectivity index (χ4n) is 3.73. The molecule has 1 fully saturated rings. The standard InChI is InChI=1S/C23H23N3O3S/c24-14-15-4-3-5-17(12-15)20-13-21(20)23(27)26-18-10-8-16(9-11-18)19-6-1-2-7-22(19)30(25,28)29/h1-12,20-21H,13-14,24H2,(H,26,27)(H2,25,28,29)/t20-,21+/m0/s1. The van der Waals surface area contributed by atoms with Crippen LogP contribution in [0.15, 0.2) is 77.7 Å². The van der Waals surface area contributed by atoms with Crippen molar-refractivity contribution < 1.29 is 13.2 Å². The Morgan fingerprint density at radius 1 is 1.00 bits per heavy atom. The normalized spacial score (nSPS) is 18.1. The van der Waals surface area contributed by atoms with E-state index in [4.69, 9.17) is 10.9 Å². The van der Waals surface area contributed by atoms with Crippen molar-refractivity contribution in [1.29, 1.82) is 0 Å². The lowest BCUT2D eigenvalue weighted by molar-refractivity contribution is -0.117. The van der Waals surface area contributed by atoms with Crippen molar-refractivity contribution in [3.8, 4) is 11.1 Å². The Hall–Kier alpha value is -3.00. The molecule has 0 bridgehead atoms. The summed E-state index contributed by atoms with van der Waals surface area (Å²) in [6.45, 7) is 0.484. The van der Waals surface area contributed by atoms with Gasteiger partial charge in [-0.1, -0.05) is 54.6 Å². The van der Waals surface area contributed by atoms with Crippen LogP contribution in [0.4, 0.5) is 5.69 Å². The highest BCUT2D eigenvalue weighted by Crippen LogP contribution is 2.48. The van der Waals surface area contributed by atoms with Gasteiger partial charge in [0.1, 0.15) is 0 Å². The van der Waals surface area contributed by atoms with Gasteiger partial charge in [-0.25, -0.2) is 13.6 Å². The molecule has 30 heavy (non-hydrogen) atoms. The Bertz CT molecular complexity index is 1190. The molecule has 0 aromatic heterocycles. The molecule has 5 N–H and O–H groups in total. The molecule has 0 heterocycles. The molecule has 0 radical (unpaired) electrons. The molecule has 154 valence electrons. The summed E-state index contributed by atoms with van der Waals surface area (Å²) in [4.78, 5) is 12.7. The highest BCUT2D eigenvalue weighted by molar-refractivity contribution is 7.89. The van der Waals surface area contributed by atoms with E-state index >= 15 is 0 Å². The van der Waals surface area contributed by atoms with Gasteiger partial charge in [-0.3, -0.25) is 4.79 Å². The molecule has 1 amide bonds. The number of anilines is 1. The SMILES string of the molecule is NCc1cccc([C@@H]2C[C@H]2C(=O)Nc2ccc(-c3ccccc3S(N)(=O)=O)cc2)c1. The molecule has 1 aliphatic carbocycles. The third kappa shape index (κ3) is 4.28. The van der Waals surface area contributed by atoms with Crippen LogP contribution in [0.1, 0.15) is 23.5 Å². The van der Waals surface area contributed by atoms with Crippen LogP contribution in [0.3, 0.4) is 0 Å². The summed E-state index contributed by atoms with van der Waals surface area (Å²) in [7, 11) is -3.83. The average molecular weight is 422 g/mol. The summed E-state index contributed by atoms with van der Waals surface area (Å²) in [6, 6.07) is 21.7. The van der Waals surface area contributed by atoms with Crippen molar-refractivity contribution >= 4 is 21.6 Å². The quantitative estimate of drug-likeness (QED) is 0.567. The molecule has 1 saturated carbocycles. The zero-order valence-corrected chi connectivity index (χ0v) is 17.1. The first-order chi connectivity index (χ1) is 14.4.